The SMILES string of the molecule is CC(OC1C(C(C)C)CC(OC(=O)CCC(=O)OC2CC(C(C)C)N(OC(C)c3ccccc3)C(C)(C)C2)CN1C)c1ccccc1. The number of carbonyl (C=O) groups is 2. The largest absolute Gasteiger partial charge is 0.462 e. The van der Waals surface area contributed by atoms with Crippen molar-refractivity contribution in [3.8, 4) is 0 Å². The van der Waals surface area contributed by atoms with Gasteiger partial charge in [0.1, 0.15) is 24.5 Å². The van der Waals surface area contributed by atoms with Crippen LogP contribution in [0.1, 0.15) is 111 Å². The predicted octanol–water partition coefficient (Wildman–Crippen LogP) is 7.89. The van der Waals surface area contributed by atoms with Crippen molar-refractivity contribution in [3.05, 3.63) is 71.8 Å². The maximum absolute atomic E-state index is 13.0. The van der Waals surface area contributed by atoms with Crippen LogP contribution < -0.4 is 0 Å². The van der Waals surface area contributed by atoms with E-state index in [2.05, 4.69) is 89.6 Å². The molecule has 2 aliphatic heterocycles. The number of likely N-dealkylation sites (tertiary alicyclic amines) is 1. The molecule has 8 heteroatoms. The first-order chi connectivity index (χ1) is 22.2. The Hall–Kier alpha value is -2.78. The van der Waals surface area contributed by atoms with Crippen LogP contribution in [0.2, 0.25) is 0 Å². The molecule has 0 bridgehead atoms. The fourth-order valence-corrected chi connectivity index (χ4v) is 7.20. The minimum absolute atomic E-state index is 0.00383. The summed E-state index contributed by atoms with van der Waals surface area (Å²) in [6.07, 6.45) is 1.33. The number of benzene rings is 2. The van der Waals surface area contributed by atoms with Crippen LogP contribution in [-0.2, 0) is 28.6 Å². The number of hydrogen-bond donors (Lipinski definition) is 0. The Morgan fingerprint density at radius 3 is 1.83 bits per heavy atom. The Labute approximate surface area is 283 Å². The van der Waals surface area contributed by atoms with Crippen molar-refractivity contribution in [3.63, 3.8) is 0 Å². The van der Waals surface area contributed by atoms with E-state index in [-0.39, 0.29) is 72.9 Å². The van der Waals surface area contributed by atoms with Crippen molar-refractivity contribution < 1.29 is 28.6 Å². The number of likely N-dealkylation sites (N-methyl/N-ethyl adjacent to an activating group) is 1. The van der Waals surface area contributed by atoms with Gasteiger partial charge in [-0.1, -0.05) is 88.4 Å². The van der Waals surface area contributed by atoms with E-state index in [1.807, 2.05) is 43.4 Å². The lowest BCUT2D eigenvalue weighted by molar-refractivity contribution is -0.296. The Bertz CT molecular complexity index is 1270. The first-order valence-electron chi connectivity index (χ1n) is 17.6. The van der Waals surface area contributed by atoms with Crippen molar-refractivity contribution in [2.75, 3.05) is 13.6 Å². The van der Waals surface area contributed by atoms with E-state index < -0.39 is 0 Å². The van der Waals surface area contributed by atoms with Gasteiger partial charge in [0.05, 0.1) is 18.9 Å². The molecule has 7 atom stereocenters. The van der Waals surface area contributed by atoms with Crippen LogP contribution in [0.4, 0.5) is 0 Å². The van der Waals surface area contributed by atoms with E-state index >= 15 is 0 Å². The van der Waals surface area contributed by atoms with Gasteiger partial charge in [0.25, 0.3) is 0 Å². The van der Waals surface area contributed by atoms with Crippen LogP contribution in [-0.4, -0.2) is 65.5 Å². The van der Waals surface area contributed by atoms with Gasteiger partial charge in [-0.25, -0.2) is 0 Å². The molecule has 0 spiro atoms. The highest BCUT2D eigenvalue weighted by molar-refractivity contribution is 5.77. The van der Waals surface area contributed by atoms with Crippen molar-refractivity contribution in [2.45, 2.75) is 130 Å². The third kappa shape index (κ3) is 10.1. The lowest BCUT2D eigenvalue weighted by Gasteiger charge is -2.51. The van der Waals surface area contributed by atoms with Crippen molar-refractivity contribution >= 4 is 11.9 Å². The molecule has 2 aromatic carbocycles. The second kappa shape index (κ2) is 16.6. The summed E-state index contributed by atoms with van der Waals surface area (Å²) in [5.41, 5.74) is 1.92. The molecule has 0 saturated carbocycles. The number of esters is 2. The molecule has 4 rings (SSSR count). The summed E-state index contributed by atoms with van der Waals surface area (Å²) < 4.78 is 18.5. The van der Waals surface area contributed by atoms with Gasteiger partial charge in [0.15, 0.2) is 0 Å². The van der Waals surface area contributed by atoms with Crippen LogP contribution in [0.25, 0.3) is 0 Å². The Morgan fingerprint density at radius 1 is 0.766 bits per heavy atom. The Kier molecular flexibility index (Phi) is 13.0. The summed E-state index contributed by atoms with van der Waals surface area (Å²) >= 11 is 0. The number of nitrogens with zero attached hydrogens (tertiary/aromatic N) is 2. The third-order valence-corrected chi connectivity index (χ3v) is 9.87. The van der Waals surface area contributed by atoms with Crippen LogP contribution in [0, 0.1) is 17.8 Å². The van der Waals surface area contributed by atoms with Crippen LogP contribution in [0.15, 0.2) is 60.7 Å². The molecule has 8 nitrogen and oxygen atoms in total. The molecule has 0 radical (unpaired) electrons. The summed E-state index contributed by atoms with van der Waals surface area (Å²) in [5, 5.41) is 2.13. The zero-order valence-electron chi connectivity index (χ0n) is 30.1. The van der Waals surface area contributed by atoms with Crippen molar-refractivity contribution in [1.82, 2.24) is 9.96 Å². The number of carbonyl (C=O) groups excluding carboxylic acids is 2. The molecule has 0 N–H and O–H groups in total. The highest BCUT2D eigenvalue weighted by atomic mass is 16.7. The smallest absolute Gasteiger partial charge is 0.306 e. The maximum atomic E-state index is 13.0. The summed E-state index contributed by atoms with van der Waals surface area (Å²) in [6, 6.07) is 20.5. The molecular formula is C39H58N2O6. The van der Waals surface area contributed by atoms with Crippen LogP contribution in [0.3, 0.4) is 0 Å². The van der Waals surface area contributed by atoms with Crippen LogP contribution >= 0.6 is 0 Å². The topological polar surface area (TPSA) is 77.5 Å². The zero-order chi connectivity index (χ0) is 34.3. The molecule has 0 aromatic heterocycles. The monoisotopic (exact) mass is 650 g/mol. The minimum Gasteiger partial charge on any atom is -0.462 e. The van der Waals surface area contributed by atoms with E-state index in [0.717, 1.165) is 17.5 Å². The lowest BCUT2D eigenvalue weighted by atomic mass is 9.82. The molecule has 260 valence electrons. The zero-order valence-corrected chi connectivity index (χ0v) is 30.1. The van der Waals surface area contributed by atoms with Gasteiger partial charge in [-0.05, 0) is 64.1 Å². The molecule has 0 amide bonds. The molecule has 2 aliphatic rings. The first-order valence-corrected chi connectivity index (χ1v) is 17.6. The summed E-state index contributed by atoms with van der Waals surface area (Å²) in [5.74, 6) is 0.119. The van der Waals surface area contributed by atoms with Gasteiger partial charge < -0.3 is 14.2 Å². The average molecular weight is 651 g/mol. The quantitative estimate of drug-likeness (QED) is 0.203. The van der Waals surface area contributed by atoms with Gasteiger partial charge in [-0.15, -0.1) is 0 Å². The second-order valence-corrected chi connectivity index (χ2v) is 14.9. The lowest BCUT2D eigenvalue weighted by Crippen LogP contribution is -2.58. The number of hydroxylamine groups is 2. The van der Waals surface area contributed by atoms with Gasteiger partial charge in [-0.2, -0.15) is 5.06 Å². The summed E-state index contributed by atoms with van der Waals surface area (Å²) in [4.78, 5) is 34.7. The van der Waals surface area contributed by atoms with Gasteiger partial charge >= 0.3 is 11.9 Å². The molecule has 0 aliphatic carbocycles. The van der Waals surface area contributed by atoms with Gasteiger partial charge in [0.2, 0.25) is 0 Å². The van der Waals surface area contributed by atoms with Gasteiger partial charge in [0, 0.05) is 36.9 Å². The Morgan fingerprint density at radius 2 is 1.30 bits per heavy atom. The third-order valence-electron chi connectivity index (χ3n) is 9.87. The molecular weight excluding hydrogens is 592 g/mol. The molecule has 2 fully saturated rings. The van der Waals surface area contributed by atoms with E-state index in [1.165, 1.54) is 0 Å². The minimum atomic E-state index is -0.363. The van der Waals surface area contributed by atoms with Crippen molar-refractivity contribution in [2.24, 2.45) is 17.8 Å². The molecule has 2 aromatic rings. The van der Waals surface area contributed by atoms with E-state index in [9.17, 15) is 9.59 Å². The number of hydrogen-bond acceptors (Lipinski definition) is 8. The highest BCUT2D eigenvalue weighted by Gasteiger charge is 2.45. The molecule has 47 heavy (non-hydrogen) atoms. The highest BCUT2D eigenvalue weighted by Crippen LogP contribution is 2.39. The predicted molar refractivity (Wildman–Crippen MR) is 184 cm³/mol. The normalized spacial score (nSPS) is 26.6. The standard InChI is InChI=1S/C39H58N2O6/c1-26(2)34-22-33(25-40(9)38(34)44-28(5)30-16-12-10-13-17-30)46-37(43)21-20-36(42)45-32-23-35(27(3)4)41(39(7,8)24-32)47-29(6)31-18-14-11-15-19-31/h10-19,26-29,32-35,38H,20-25H2,1-9H3. The van der Waals surface area contributed by atoms with E-state index in [0.29, 0.717) is 31.2 Å². The van der Waals surface area contributed by atoms with Crippen LogP contribution in [0.5, 0.6) is 0 Å². The number of piperidine rings is 2. The number of ether oxygens (including phenoxy) is 3. The number of rotatable bonds is 13. The Balaban J connectivity index is 1.27. The molecule has 2 saturated heterocycles. The fraction of sp³-hybridized carbons (Fsp3) is 0.641. The van der Waals surface area contributed by atoms with Gasteiger partial charge in [-0.3, -0.25) is 19.3 Å². The average Bonchev–Trinajstić information content (AvgIpc) is 3.02. The molecule has 7 unspecified atom stereocenters. The summed E-state index contributed by atoms with van der Waals surface area (Å²) in [7, 11) is 2.03. The summed E-state index contributed by atoms with van der Waals surface area (Å²) in [6.45, 7) is 17.7. The second-order valence-electron chi connectivity index (χ2n) is 14.9. The molecule has 2 heterocycles. The fourth-order valence-electron chi connectivity index (χ4n) is 7.20. The first kappa shape index (κ1) is 37.0. The van der Waals surface area contributed by atoms with E-state index in [1.54, 1.807) is 0 Å². The van der Waals surface area contributed by atoms with E-state index in [4.69, 9.17) is 19.0 Å². The van der Waals surface area contributed by atoms with Crippen molar-refractivity contribution in [1.29, 1.82) is 0 Å². The maximum Gasteiger partial charge on any atom is 0.306 e.